The molecule has 0 bridgehead atoms. The smallest absolute Gasteiger partial charge is 0.152 e. The van der Waals surface area contributed by atoms with Gasteiger partial charge in [0.25, 0.3) is 0 Å². The Kier molecular flexibility index (Phi) is 26.4. The van der Waals surface area contributed by atoms with Crippen molar-refractivity contribution in [1.29, 1.82) is 0 Å². The summed E-state index contributed by atoms with van der Waals surface area (Å²) in [5.41, 5.74) is 3.09. The van der Waals surface area contributed by atoms with Gasteiger partial charge in [-0.15, -0.1) is 0 Å². The van der Waals surface area contributed by atoms with Gasteiger partial charge in [-0.2, -0.15) is 15.0 Å². The van der Waals surface area contributed by atoms with Crippen LogP contribution in [0.15, 0.2) is 63.5 Å². The first-order valence-electron chi connectivity index (χ1n) is 27.3. The lowest BCUT2D eigenvalue weighted by atomic mass is 9.68. The minimum Gasteiger partial charge on any atom is -0.205 e. The summed E-state index contributed by atoms with van der Waals surface area (Å²) in [6.07, 6.45) is 36.2. The lowest BCUT2D eigenvalue weighted by Crippen LogP contribution is -2.26. The Bertz CT molecular complexity index is 2140. The minimum atomic E-state index is -0.654. The molecule has 3 aromatic carbocycles. The monoisotopic (exact) mass is 1020 g/mol. The fourth-order valence-corrected chi connectivity index (χ4v) is 12.7. The van der Waals surface area contributed by atoms with E-state index in [1.807, 2.05) is 17.3 Å². The summed E-state index contributed by atoms with van der Waals surface area (Å²) < 4.78 is 55.3. The number of benzene rings is 3. The van der Waals surface area contributed by atoms with Gasteiger partial charge in [0, 0.05) is 0 Å². The number of aryl methyl sites for hydroxylation is 3. The molecule has 382 valence electrons. The van der Waals surface area contributed by atoms with E-state index in [-0.39, 0.29) is 23.0 Å². The third-order valence-electron chi connectivity index (χ3n) is 16.6. The van der Waals surface area contributed by atoms with Gasteiger partial charge < -0.3 is 0 Å². The van der Waals surface area contributed by atoms with Crippen molar-refractivity contribution in [3.05, 3.63) is 88.5 Å². The number of aliphatic imine (C=N–C) groups is 3. The van der Waals surface area contributed by atoms with Crippen molar-refractivity contribution in [3.8, 4) is 0 Å². The molecule has 0 heterocycles. The second-order valence-electron chi connectivity index (χ2n) is 21.4. The van der Waals surface area contributed by atoms with Crippen LogP contribution < -0.4 is 0 Å². The van der Waals surface area contributed by atoms with Crippen LogP contribution in [0.25, 0.3) is 0 Å². The van der Waals surface area contributed by atoms with E-state index in [2.05, 4.69) is 82.7 Å². The van der Waals surface area contributed by atoms with Crippen molar-refractivity contribution >= 4 is 69.2 Å². The van der Waals surface area contributed by atoms with Gasteiger partial charge in [-0.05, 0) is 201 Å². The second kappa shape index (κ2) is 32.1. The summed E-state index contributed by atoms with van der Waals surface area (Å²) in [4.78, 5) is 10.9. The zero-order chi connectivity index (χ0) is 50.1. The highest BCUT2D eigenvalue weighted by Crippen LogP contribution is 2.43. The predicted octanol–water partition coefficient (Wildman–Crippen LogP) is 20.2. The molecule has 0 atom stereocenters. The van der Waals surface area contributed by atoms with Crippen LogP contribution in [0.4, 0.5) is 34.6 Å². The van der Waals surface area contributed by atoms with E-state index in [0.29, 0.717) is 17.2 Å². The van der Waals surface area contributed by atoms with Crippen LogP contribution in [0, 0.1) is 70.6 Å². The van der Waals surface area contributed by atoms with E-state index in [1.54, 1.807) is 24.3 Å². The summed E-state index contributed by atoms with van der Waals surface area (Å²) in [6, 6.07) is 13.3. The van der Waals surface area contributed by atoms with E-state index in [0.717, 1.165) is 78.2 Å². The molecule has 0 N–H and O–H groups in total. The average Bonchev–Trinajstić information content (AvgIpc) is 3.37. The van der Waals surface area contributed by atoms with Crippen molar-refractivity contribution in [1.82, 2.24) is 0 Å². The number of isothiocyanates is 3. The van der Waals surface area contributed by atoms with Crippen LogP contribution in [-0.4, -0.2) is 15.5 Å². The molecule has 70 heavy (non-hydrogen) atoms. The molecule has 0 amide bonds. The number of rotatable bonds is 19. The van der Waals surface area contributed by atoms with Gasteiger partial charge in [-0.1, -0.05) is 148 Å². The third-order valence-corrected chi connectivity index (χ3v) is 16.9. The largest absolute Gasteiger partial charge is 0.205 e. The van der Waals surface area contributed by atoms with E-state index in [9.17, 15) is 17.6 Å². The molecule has 0 spiro atoms. The number of thiocarbonyl (C=S) groups is 3. The highest BCUT2D eigenvalue weighted by atomic mass is 32.1. The van der Waals surface area contributed by atoms with Crippen LogP contribution in [0.3, 0.4) is 0 Å². The summed E-state index contributed by atoms with van der Waals surface area (Å²) in [7, 11) is 0. The molecule has 0 aromatic heterocycles. The van der Waals surface area contributed by atoms with E-state index >= 15 is 0 Å². The maximum Gasteiger partial charge on any atom is 0.152 e. The molecule has 7 rings (SSSR count). The Balaban J connectivity index is 0.000000198. The number of halogens is 4. The normalized spacial score (nSPS) is 24.3. The Labute approximate surface area is 435 Å². The third kappa shape index (κ3) is 19.7. The Morgan fingerprint density at radius 1 is 0.386 bits per heavy atom. The molecule has 4 aliphatic rings. The van der Waals surface area contributed by atoms with Gasteiger partial charge in [0.15, 0.2) is 11.6 Å². The molecule has 4 saturated carbocycles. The van der Waals surface area contributed by atoms with Crippen LogP contribution in [0.2, 0.25) is 0 Å². The van der Waals surface area contributed by atoms with Gasteiger partial charge in [-0.25, -0.2) is 17.6 Å². The highest BCUT2D eigenvalue weighted by molar-refractivity contribution is 7.78. The van der Waals surface area contributed by atoms with Crippen LogP contribution in [0.5, 0.6) is 0 Å². The molecule has 0 aliphatic heterocycles. The van der Waals surface area contributed by atoms with Crippen molar-refractivity contribution < 1.29 is 17.6 Å². The second-order valence-corrected chi connectivity index (χ2v) is 22.0. The van der Waals surface area contributed by atoms with Crippen molar-refractivity contribution in [2.45, 2.75) is 201 Å². The van der Waals surface area contributed by atoms with Crippen molar-refractivity contribution in [2.75, 3.05) is 0 Å². The molecular formula is C60H81F4N3S3. The van der Waals surface area contributed by atoms with E-state index in [4.69, 9.17) is 0 Å². The maximum absolute atomic E-state index is 14.0. The van der Waals surface area contributed by atoms with E-state index in [1.165, 1.54) is 166 Å². The first kappa shape index (κ1) is 57.7. The fraction of sp³-hybridized carbons (Fsp3) is 0.650. The number of hydrogen-bond acceptors (Lipinski definition) is 6. The maximum atomic E-state index is 14.0. The lowest BCUT2D eigenvalue weighted by molar-refractivity contribution is 0.141. The van der Waals surface area contributed by atoms with Crippen molar-refractivity contribution in [2.24, 2.45) is 62.3 Å². The van der Waals surface area contributed by atoms with Gasteiger partial charge >= 0.3 is 0 Å². The first-order valence-corrected chi connectivity index (χ1v) is 28.6. The summed E-state index contributed by atoms with van der Waals surface area (Å²) in [6.45, 7) is 6.84. The van der Waals surface area contributed by atoms with E-state index < -0.39 is 11.6 Å². The molecule has 0 radical (unpaired) electrons. The zero-order valence-electron chi connectivity index (χ0n) is 42.6. The van der Waals surface area contributed by atoms with Crippen molar-refractivity contribution in [3.63, 3.8) is 0 Å². The Morgan fingerprint density at radius 3 is 0.971 bits per heavy atom. The van der Waals surface area contributed by atoms with Crippen LogP contribution in [-0.2, 0) is 19.3 Å². The molecule has 0 unspecified atom stereocenters. The fourth-order valence-electron chi connectivity index (χ4n) is 12.5. The number of nitrogens with zero attached hydrogens (tertiary/aromatic N) is 3. The van der Waals surface area contributed by atoms with Gasteiger partial charge in [0.1, 0.15) is 28.7 Å². The summed E-state index contributed by atoms with van der Waals surface area (Å²) >= 11 is 13.5. The SMILES string of the molecule is CCCC1CCC(C2CCC(CCc3ccc(N=C=S)c(F)c3)CC2)CC1.CCCC1CCC(CCc2cc(F)c(N=C=S)c(F)c2)CC1.CCCC1CCC(CCc2ccc(N=C=S)c(F)c2)CC1. The Hall–Kier alpha value is -3.22. The molecule has 4 aliphatic carbocycles. The topological polar surface area (TPSA) is 37.1 Å². The average molecular weight is 1020 g/mol. The minimum absolute atomic E-state index is 0.285. The number of hydrogen-bond donors (Lipinski definition) is 0. The summed E-state index contributed by atoms with van der Waals surface area (Å²) in [5, 5.41) is 6.46. The molecule has 3 aromatic rings. The quantitative estimate of drug-likeness (QED) is 0.0682. The van der Waals surface area contributed by atoms with Crippen LogP contribution >= 0.6 is 36.7 Å². The van der Waals surface area contributed by atoms with Gasteiger partial charge in [-0.3, -0.25) is 0 Å². The van der Waals surface area contributed by atoms with Gasteiger partial charge in [0.2, 0.25) is 0 Å². The van der Waals surface area contributed by atoms with Gasteiger partial charge in [0.05, 0.1) is 15.5 Å². The molecule has 3 nitrogen and oxygen atoms in total. The summed E-state index contributed by atoms with van der Waals surface area (Å²) in [5.74, 6) is 5.29. The molecular weight excluding hydrogens is 935 g/mol. The molecule has 4 fully saturated rings. The van der Waals surface area contributed by atoms with Crippen LogP contribution in [0.1, 0.15) is 198 Å². The Morgan fingerprint density at radius 2 is 0.671 bits per heavy atom. The predicted molar refractivity (Wildman–Crippen MR) is 295 cm³/mol. The standard InChI is InChI=1S/C24H34FNS.C18H23F2NS.C18H24FNS/c1-2-3-18-6-11-21(12-7-18)22-13-8-19(9-14-22)4-5-20-10-15-24(26-17-27)23(25)16-20;1-2-3-13-4-6-14(7-5-13)8-9-15-10-16(19)18(21-12-22)17(20)11-15;1-2-3-14-4-6-15(7-5-14)8-9-16-10-11-18(20-13-21)17(19)12-16/h10,15-16,18-19,21-22H,2-9,11-14H2,1H3;10-11,13-14H,2-9H2,1H3;10-12,14-15H,2-9H2,1H3. The highest BCUT2D eigenvalue weighted by Gasteiger charge is 2.31. The molecule has 0 saturated heterocycles. The molecule has 10 heteroatoms. The zero-order valence-corrected chi connectivity index (χ0v) is 45.1. The first-order chi connectivity index (χ1) is 34.0. The lowest BCUT2D eigenvalue weighted by Gasteiger charge is -2.38.